The predicted molar refractivity (Wildman–Crippen MR) is 204 cm³/mol. The SMILES string of the molecule is Nc1ccccc1NC(=O)CCCC(=O)Nc1cccc([C@@H]2O[C@H](CN(Cc3ccccc3)Cc3ccccc3)C[C@H](c3ccc(CO)cc3)O2)c1. The molecular formula is C43H46N4O5. The van der Waals surface area contributed by atoms with Gasteiger partial charge in [-0.3, -0.25) is 14.5 Å². The number of nitrogens with zero attached hydrogens (tertiary/aromatic N) is 1. The van der Waals surface area contributed by atoms with Crippen molar-refractivity contribution in [2.24, 2.45) is 0 Å². The second-order valence-electron chi connectivity index (χ2n) is 13.2. The van der Waals surface area contributed by atoms with Gasteiger partial charge in [0.2, 0.25) is 11.8 Å². The van der Waals surface area contributed by atoms with Crippen molar-refractivity contribution in [3.05, 3.63) is 161 Å². The van der Waals surface area contributed by atoms with Crippen LogP contribution in [0.1, 0.15) is 65.9 Å². The quantitative estimate of drug-likeness (QED) is 0.0824. The van der Waals surface area contributed by atoms with Gasteiger partial charge < -0.3 is 30.9 Å². The number of carbonyl (C=O) groups is 2. The summed E-state index contributed by atoms with van der Waals surface area (Å²) < 4.78 is 13.3. The topological polar surface area (TPSA) is 126 Å². The molecule has 0 aliphatic carbocycles. The number of aliphatic hydroxyl groups excluding tert-OH is 1. The molecule has 0 bridgehead atoms. The minimum absolute atomic E-state index is 0.0252. The Bertz CT molecular complexity index is 1850. The van der Waals surface area contributed by atoms with Gasteiger partial charge >= 0.3 is 0 Å². The number of benzene rings is 5. The maximum atomic E-state index is 12.9. The Balaban J connectivity index is 1.14. The van der Waals surface area contributed by atoms with Crippen LogP contribution in [0.3, 0.4) is 0 Å². The van der Waals surface area contributed by atoms with Crippen LogP contribution in [-0.4, -0.2) is 34.5 Å². The number of para-hydroxylation sites is 2. The van der Waals surface area contributed by atoms with Gasteiger partial charge in [0.15, 0.2) is 6.29 Å². The second-order valence-corrected chi connectivity index (χ2v) is 13.2. The Labute approximate surface area is 305 Å². The minimum atomic E-state index is -0.678. The summed E-state index contributed by atoms with van der Waals surface area (Å²) in [4.78, 5) is 27.7. The van der Waals surface area contributed by atoms with Crippen molar-refractivity contribution in [1.82, 2.24) is 4.90 Å². The van der Waals surface area contributed by atoms with Crippen LogP contribution in [0.5, 0.6) is 0 Å². The summed E-state index contributed by atoms with van der Waals surface area (Å²) in [6.45, 7) is 2.18. The van der Waals surface area contributed by atoms with Crippen LogP contribution in [0.15, 0.2) is 133 Å². The van der Waals surface area contributed by atoms with Gasteiger partial charge in [-0.15, -0.1) is 0 Å². The summed E-state index contributed by atoms with van der Waals surface area (Å²) in [5.74, 6) is -0.382. The van der Waals surface area contributed by atoms with E-state index in [1.165, 1.54) is 11.1 Å². The van der Waals surface area contributed by atoms with Gasteiger partial charge in [-0.05, 0) is 52.9 Å². The zero-order valence-corrected chi connectivity index (χ0v) is 29.2. The van der Waals surface area contributed by atoms with E-state index in [0.29, 0.717) is 36.4 Å². The van der Waals surface area contributed by atoms with Crippen molar-refractivity contribution >= 4 is 28.9 Å². The smallest absolute Gasteiger partial charge is 0.224 e. The summed E-state index contributed by atoms with van der Waals surface area (Å²) in [6, 6.07) is 43.4. The van der Waals surface area contributed by atoms with E-state index >= 15 is 0 Å². The molecular weight excluding hydrogens is 652 g/mol. The van der Waals surface area contributed by atoms with Crippen molar-refractivity contribution in [2.75, 3.05) is 22.9 Å². The molecule has 6 rings (SSSR count). The van der Waals surface area contributed by atoms with Gasteiger partial charge in [0.25, 0.3) is 0 Å². The summed E-state index contributed by atoms with van der Waals surface area (Å²) >= 11 is 0. The average molecular weight is 699 g/mol. The van der Waals surface area contributed by atoms with Crippen molar-refractivity contribution < 1.29 is 24.2 Å². The highest BCUT2D eigenvalue weighted by Gasteiger charge is 2.33. The molecule has 268 valence electrons. The Hall–Kier alpha value is -5.32. The number of nitrogen functional groups attached to an aromatic ring is 1. The van der Waals surface area contributed by atoms with Crippen molar-refractivity contribution in [3.8, 4) is 0 Å². The highest BCUT2D eigenvalue weighted by Crippen LogP contribution is 2.39. The van der Waals surface area contributed by atoms with Gasteiger partial charge in [0.05, 0.1) is 30.2 Å². The minimum Gasteiger partial charge on any atom is -0.397 e. The van der Waals surface area contributed by atoms with E-state index in [1.807, 2.05) is 60.7 Å². The molecule has 1 fully saturated rings. The van der Waals surface area contributed by atoms with Crippen molar-refractivity contribution in [2.45, 2.75) is 63.9 Å². The van der Waals surface area contributed by atoms with Crippen LogP contribution in [0.2, 0.25) is 0 Å². The molecule has 1 aliphatic rings. The largest absolute Gasteiger partial charge is 0.397 e. The van der Waals surface area contributed by atoms with Crippen LogP contribution >= 0.6 is 0 Å². The standard InChI is InChI=1S/C43H46N4O5/c44-38-17-7-8-18-39(38)46-42(50)20-10-19-41(49)45-36-16-9-15-35(25-36)43-51-37(26-40(52-43)34-23-21-33(30-48)22-24-34)29-47(27-31-11-3-1-4-12-31)28-32-13-5-2-6-14-32/h1-9,11-18,21-25,37,40,43,48H,10,19-20,26-30,44H2,(H,45,49)(H,46,50)/t37-,40+,43+/m0/s1. The molecule has 9 nitrogen and oxygen atoms in total. The van der Waals surface area contributed by atoms with E-state index in [1.54, 1.807) is 24.3 Å². The number of hydrogen-bond acceptors (Lipinski definition) is 7. The van der Waals surface area contributed by atoms with E-state index < -0.39 is 6.29 Å². The van der Waals surface area contributed by atoms with Gasteiger partial charge in [0, 0.05) is 50.1 Å². The molecule has 52 heavy (non-hydrogen) atoms. The Kier molecular flexibility index (Phi) is 12.8. The van der Waals surface area contributed by atoms with Crippen LogP contribution < -0.4 is 16.4 Å². The first-order chi connectivity index (χ1) is 25.4. The molecule has 1 saturated heterocycles. The maximum Gasteiger partial charge on any atom is 0.224 e. The molecule has 1 aliphatic heterocycles. The molecule has 1 heterocycles. The maximum absolute atomic E-state index is 12.9. The van der Waals surface area contributed by atoms with Crippen LogP contribution in [-0.2, 0) is 38.8 Å². The Morgan fingerprint density at radius 2 is 1.33 bits per heavy atom. The van der Waals surface area contributed by atoms with Crippen LogP contribution in [0.25, 0.3) is 0 Å². The second kappa shape index (κ2) is 18.3. The number of nitrogens with two attached hydrogens (primary N) is 1. The first kappa shape index (κ1) is 36.5. The molecule has 0 saturated carbocycles. The molecule has 0 radical (unpaired) electrons. The van der Waals surface area contributed by atoms with E-state index in [-0.39, 0.29) is 43.5 Å². The number of ether oxygens (including phenoxy) is 2. The predicted octanol–water partition coefficient (Wildman–Crippen LogP) is 7.76. The average Bonchev–Trinajstić information content (AvgIpc) is 3.16. The zero-order chi connectivity index (χ0) is 36.1. The van der Waals surface area contributed by atoms with E-state index in [0.717, 1.165) is 29.8 Å². The normalized spacial score (nSPS) is 17.1. The number of amides is 2. The number of rotatable bonds is 15. The third-order valence-electron chi connectivity index (χ3n) is 9.06. The van der Waals surface area contributed by atoms with E-state index in [9.17, 15) is 14.7 Å². The zero-order valence-electron chi connectivity index (χ0n) is 29.2. The highest BCUT2D eigenvalue weighted by atomic mass is 16.7. The highest BCUT2D eigenvalue weighted by molar-refractivity contribution is 5.94. The fourth-order valence-corrected chi connectivity index (χ4v) is 6.41. The molecule has 0 unspecified atom stereocenters. The Morgan fingerprint density at radius 1 is 0.692 bits per heavy atom. The molecule has 9 heteroatoms. The first-order valence-electron chi connectivity index (χ1n) is 17.8. The molecule has 5 aromatic carbocycles. The van der Waals surface area contributed by atoms with Gasteiger partial charge in [-0.1, -0.05) is 109 Å². The Morgan fingerprint density at radius 3 is 1.98 bits per heavy atom. The van der Waals surface area contributed by atoms with Crippen molar-refractivity contribution in [3.63, 3.8) is 0 Å². The number of carbonyl (C=O) groups excluding carboxylic acids is 2. The molecule has 0 spiro atoms. The first-order valence-corrected chi connectivity index (χ1v) is 17.8. The number of aliphatic hydroxyl groups is 1. The fraction of sp³-hybridized carbons (Fsp3) is 0.256. The van der Waals surface area contributed by atoms with Crippen molar-refractivity contribution in [1.29, 1.82) is 0 Å². The van der Waals surface area contributed by atoms with E-state index in [4.69, 9.17) is 15.2 Å². The molecule has 0 aromatic heterocycles. The lowest BCUT2D eigenvalue weighted by molar-refractivity contribution is -0.253. The molecule has 5 aromatic rings. The lowest BCUT2D eigenvalue weighted by Gasteiger charge is -2.38. The summed E-state index contributed by atoms with van der Waals surface area (Å²) in [7, 11) is 0. The monoisotopic (exact) mass is 698 g/mol. The fourth-order valence-electron chi connectivity index (χ4n) is 6.41. The van der Waals surface area contributed by atoms with Crippen LogP contribution in [0, 0.1) is 0 Å². The summed E-state index contributed by atoms with van der Waals surface area (Å²) in [5.41, 5.74) is 12.7. The molecule has 2 amide bonds. The van der Waals surface area contributed by atoms with Crippen LogP contribution in [0.4, 0.5) is 17.1 Å². The third kappa shape index (κ3) is 10.6. The van der Waals surface area contributed by atoms with Gasteiger partial charge in [-0.2, -0.15) is 0 Å². The molecule has 3 atom stereocenters. The lowest BCUT2D eigenvalue weighted by atomic mass is 9.99. The van der Waals surface area contributed by atoms with Gasteiger partial charge in [0.1, 0.15) is 0 Å². The number of anilines is 3. The lowest BCUT2D eigenvalue weighted by Crippen LogP contribution is -2.39. The van der Waals surface area contributed by atoms with Gasteiger partial charge in [-0.25, -0.2) is 0 Å². The third-order valence-corrected chi connectivity index (χ3v) is 9.06. The number of nitrogens with one attached hydrogen (secondary N) is 2. The summed E-state index contributed by atoms with van der Waals surface area (Å²) in [6.07, 6.45) is 0.328. The summed E-state index contributed by atoms with van der Waals surface area (Å²) in [5, 5.41) is 15.4. The number of hydrogen-bond donors (Lipinski definition) is 4. The van der Waals surface area contributed by atoms with E-state index in [2.05, 4.69) is 64.1 Å². The molecule has 5 N–H and O–H groups in total.